The zero-order valence-corrected chi connectivity index (χ0v) is 14.6. The number of benzene rings is 2. The van der Waals surface area contributed by atoms with Gasteiger partial charge >= 0.3 is 6.61 Å². The Balaban J connectivity index is 1.72. The number of fused-ring (bicyclic) bond motifs is 1. The Morgan fingerprint density at radius 2 is 1.85 bits per heavy atom. The molecule has 0 saturated carbocycles. The van der Waals surface area contributed by atoms with Gasteiger partial charge in [-0.1, -0.05) is 24.3 Å². The molecule has 1 aliphatic heterocycles. The third kappa shape index (κ3) is 4.49. The number of anilines is 1. The molecule has 1 N–H and O–H groups in total. The molecule has 7 heteroatoms. The molecule has 140 valence electrons. The molecule has 0 unspecified atom stereocenters. The molecule has 3 rings (SSSR count). The molecule has 0 bridgehead atoms. The van der Waals surface area contributed by atoms with Crippen LogP contribution in [-0.4, -0.2) is 23.3 Å². The average Bonchev–Trinajstić information content (AvgIpc) is 2.63. The van der Waals surface area contributed by atoms with Crippen molar-refractivity contribution >= 4 is 23.6 Å². The topological polar surface area (TPSA) is 58.6 Å². The van der Waals surface area contributed by atoms with E-state index in [-0.39, 0.29) is 24.0 Å². The smallest absolute Gasteiger partial charge is 0.387 e. The monoisotopic (exact) mass is 372 g/mol. The van der Waals surface area contributed by atoms with Crippen LogP contribution in [0.15, 0.2) is 54.7 Å². The number of carbonyl (C=O) groups is 2. The summed E-state index contributed by atoms with van der Waals surface area (Å²) >= 11 is 0. The third-order valence-corrected chi connectivity index (χ3v) is 4.21. The lowest BCUT2D eigenvalue weighted by atomic mass is 9.93. The summed E-state index contributed by atoms with van der Waals surface area (Å²) in [4.78, 5) is 26.0. The highest BCUT2D eigenvalue weighted by molar-refractivity contribution is 5.92. The Morgan fingerprint density at radius 1 is 1.15 bits per heavy atom. The van der Waals surface area contributed by atoms with E-state index < -0.39 is 12.7 Å². The standard InChI is InChI=1S/C20H18F2N2O3/c1-13(25)24-11-10-14-4-2-3-5-17(14)18(24)12-19(26)23-15-6-8-16(9-7-15)27-20(21)22/h2-11,18,20H,12H2,1H3,(H,23,26)/t18-/m1/s1. The molecule has 2 aromatic carbocycles. The molecule has 1 atom stereocenters. The molecule has 1 heterocycles. The number of hydrogen-bond donors (Lipinski definition) is 1. The second-order valence-corrected chi connectivity index (χ2v) is 6.04. The van der Waals surface area contributed by atoms with Crippen LogP contribution < -0.4 is 10.1 Å². The summed E-state index contributed by atoms with van der Waals surface area (Å²) in [5.74, 6) is -0.442. The van der Waals surface area contributed by atoms with E-state index in [1.165, 1.54) is 36.1 Å². The molecule has 0 aromatic heterocycles. The van der Waals surface area contributed by atoms with E-state index in [1.54, 1.807) is 6.20 Å². The SMILES string of the molecule is CC(=O)N1C=Cc2ccccc2[C@H]1CC(=O)Nc1ccc(OC(F)F)cc1. The fourth-order valence-electron chi connectivity index (χ4n) is 3.02. The van der Waals surface area contributed by atoms with E-state index in [9.17, 15) is 18.4 Å². The van der Waals surface area contributed by atoms with Crippen LogP contribution in [0.2, 0.25) is 0 Å². The summed E-state index contributed by atoms with van der Waals surface area (Å²) < 4.78 is 28.6. The maximum absolute atomic E-state index is 12.5. The van der Waals surface area contributed by atoms with E-state index in [0.717, 1.165) is 11.1 Å². The second kappa shape index (κ2) is 7.99. The number of amides is 2. The van der Waals surface area contributed by atoms with Gasteiger partial charge in [0.1, 0.15) is 5.75 Å². The largest absolute Gasteiger partial charge is 0.435 e. The Kier molecular flexibility index (Phi) is 5.49. The molecule has 2 amide bonds. The zero-order valence-electron chi connectivity index (χ0n) is 14.6. The molecule has 0 spiro atoms. The third-order valence-electron chi connectivity index (χ3n) is 4.21. The van der Waals surface area contributed by atoms with Crippen LogP contribution in [0.4, 0.5) is 14.5 Å². The first kappa shape index (κ1) is 18.6. The summed E-state index contributed by atoms with van der Waals surface area (Å²) in [5.41, 5.74) is 2.31. The van der Waals surface area contributed by atoms with Gasteiger partial charge in [0, 0.05) is 18.8 Å². The van der Waals surface area contributed by atoms with Gasteiger partial charge in [0.15, 0.2) is 0 Å². The fraction of sp³-hybridized carbons (Fsp3) is 0.200. The van der Waals surface area contributed by atoms with Gasteiger partial charge in [-0.2, -0.15) is 8.78 Å². The van der Waals surface area contributed by atoms with Crippen molar-refractivity contribution in [1.29, 1.82) is 0 Å². The maximum Gasteiger partial charge on any atom is 0.387 e. The van der Waals surface area contributed by atoms with E-state index in [2.05, 4.69) is 10.1 Å². The molecule has 5 nitrogen and oxygen atoms in total. The first-order valence-electron chi connectivity index (χ1n) is 8.35. The molecular formula is C20H18F2N2O3. The Labute approximate surface area is 155 Å². The Hall–Kier alpha value is -3.22. The molecule has 0 radical (unpaired) electrons. The highest BCUT2D eigenvalue weighted by Crippen LogP contribution is 2.33. The number of halogens is 2. The van der Waals surface area contributed by atoms with Gasteiger partial charge in [0.05, 0.1) is 12.5 Å². The van der Waals surface area contributed by atoms with Crippen LogP contribution in [0, 0.1) is 0 Å². The summed E-state index contributed by atoms with van der Waals surface area (Å²) in [6.45, 7) is -1.45. The lowest BCUT2D eigenvalue weighted by Gasteiger charge is -2.32. The van der Waals surface area contributed by atoms with Gasteiger partial charge in [0.25, 0.3) is 0 Å². The minimum atomic E-state index is -2.90. The van der Waals surface area contributed by atoms with Gasteiger partial charge < -0.3 is 15.0 Å². The Bertz CT molecular complexity index is 866. The summed E-state index contributed by atoms with van der Waals surface area (Å²) in [6.07, 6.45) is 3.59. The van der Waals surface area contributed by atoms with Crippen molar-refractivity contribution in [2.24, 2.45) is 0 Å². The molecule has 0 saturated heterocycles. The van der Waals surface area contributed by atoms with Crippen molar-refractivity contribution < 1.29 is 23.1 Å². The lowest BCUT2D eigenvalue weighted by molar-refractivity contribution is -0.129. The van der Waals surface area contributed by atoms with Gasteiger partial charge in [-0.3, -0.25) is 9.59 Å². The molecule has 0 aliphatic carbocycles. The average molecular weight is 372 g/mol. The predicted octanol–water partition coefficient (Wildman–Crippen LogP) is 4.19. The summed E-state index contributed by atoms with van der Waals surface area (Å²) in [5, 5.41) is 2.72. The van der Waals surface area contributed by atoms with E-state index in [4.69, 9.17) is 0 Å². The predicted molar refractivity (Wildman–Crippen MR) is 97.1 cm³/mol. The first-order chi connectivity index (χ1) is 12.9. The van der Waals surface area contributed by atoms with Gasteiger partial charge in [0.2, 0.25) is 11.8 Å². The van der Waals surface area contributed by atoms with Crippen molar-refractivity contribution in [2.75, 3.05) is 5.32 Å². The van der Waals surface area contributed by atoms with Crippen molar-refractivity contribution in [3.63, 3.8) is 0 Å². The normalized spacial score (nSPS) is 15.4. The number of nitrogens with zero attached hydrogens (tertiary/aromatic N) is 1. The number of carbonyl (C=O) groups excluding carboxylic acids is 2. The van der Waals surface area contributed by atoms with Crippen molar-refractivity contribution in [3.05, 3.63) is 65.9 Å². The first-order valence-corrected chi connectivity index (χ1v) is 8.35. The number of hydrogen-bond acceptors (Lipinski definition) is 3. The quantitative estimate of drug-likeness (QED) is 0.856. The molecular weight excluding hydrogens is 354 g/mol. The zero-order chi connectivity index (χ0) is 19.4. The van der Waals surface area contributed by atoms with Crippen LogP contribution in [0.3, 0.4) is 0 Å². The molecule has 0 fully saturated rings. The molecule has 1 aliphatic rings. The molecule has 2 aromatic rings. The minimum absolute atomic E-state index is 0.0112. The van der Waals surface area contributed by atoms with Crippen LogP contribution in [-0.2, 0) is 9.59 Å². The number of alkyl halides is 2. The maximum atomic E-state index is 12.5. The van der Waals surface area contributed by atoms with Crippen LogP contribution >= 0.6 is 0 Å². The van der Waals surface area contributed by atoms with Crippen molar-refractivity contribution in [3.8, 4) is 5.75 Å². The minimum Gasteiger partial charge on any atom is -0.435 e. The fourth-order valence-corrected chi connectivity index (χ4v) is 3.02. The summed E-state index contributed by atoms with van der Waals surface area (Å²) in [7, 11) is 0. The Morgan fingerprint density at radius 3 is 2.52 bits per heavy atom. The van der Waals surface area contributed by atoms with E-state index in [0.29, 0.717) is 5.69 Å². The molecule has 27 heavy (non-hydrogen) atoms. The van der Waals surface area contributed by atoms with Crippen LogP contribution in [0.5, 0.6) is 5.75 Å². The van der Waals surface area contributed by atoms with Crippen LogP contribution in [0.1, 0.15) is 30.5 Å². The van der Waals surface area contributed by atoms with E-state index in [1.807, 2.05) is 30.3 Å². The van der Waals surface area contributed by atoms with E-state index >= 15 is 0 Å². The van der Waals surface area contributed by atoms with Gasteiger partial charge in [-0.05, 0) is 41.5 Å². The number of rotatable bonds is 5. The lowest BCUT2D eigenvalue weighted by Crippen LogP contribution is -2.33. The number of nitrogens with one attached hydrogen (secondary N) is 1. The van der Waals surface area contributed by atoms with Crippen molar-refractivity contribution in [2.45, 2.75) is 26.0 Å². The highest BCUT2D eigenvalue weighted by atomic mass is 19.3. The summed E-state index contributed by atoms with van der Waals surface area (Å²) in [6, 6.07) is 12.8. The van der Waals surface area contributed by atoms with Crippen LogP contribution in [0.25, 0.3) is 6.08 Å². The van der Waals surface area contributed by atoms with Crippen molar-refractivity contribution in [1.82, 2.24) is 4.90 Å². The second-order valence-electron chi connectivity index (χ2n) is 6.04. The van der Waals surface area contributed by atoms with Gasteiger partial charge in [-0.15, -0.1) is 0 Å². The highest BCUT2D eigenvalue weighted by Gasteiger charge is 2.28. The van der Waals surface area contributed by atoms with Gasteiger partial charge in [-0.25, -0.2) is 0 Å². The number of ether oxygens (including phenoxy) is 1.